The molecule has 0 atom stereocenters. The topological polar surface area (TPSA) is 29.3 Å². The van der Waals surface area contributed by atoms with E-state index in [9.17, 15) is 0 Å². The molecule has 1 fully saturated rings. The average Bonchev–Trinajstić information content (AvgIpc) is 2.49. The van der Waals surface area contributed by atoms with E-state index < -0.39 is 0 Å². The third kappa shape index (κ3) is 3.54. The first kappa shape index (κ1) is 15.4. The first-order chi connectivity index (χ1) is 9.65. The lowest BCUT2D eigenvalue weighted by Gasteiger charge is -2.36. The van der Waals surface area contributed by atoms with E-state index >= 15 is 0 Å². The maximum atomic E-state index is 5.66. The van der Waals surface area contributed by atoms with Gasteiger partial charge in [-0.3, -0.25) is 0 Å². The first-order valence-electron chi connectivity index (χ1n) is 8.18. The van der Waals surface area contributed by atoms with E-state index in [-0.39, 0.29) is 0 Å². The fraction of sp³-hybridized carbons (Fsp3) is 0.667. The standard InChI is InChI=1S/C18H30N2/c1-4-15-5-8-17(9-6-15)20(3)18-10-7-16(11-12-19)14(2)13-18/h7,10,13,15,17H,4-6,8-9,11-12,19H2,1-3H3. The van der Waals surface area contributed by atoms with Gasteiger partial charge in [-0.25, -0.2) is 0 Å². The van der Waals surface area contributed by atoms with E-state index in [0.717, 1.165) is 24.9 Å². The van der Waals surface area contributed by atoms with E-state index in [2.05, 4.69) is 44.0 Å². The van der Waals surface area contributed by atoms with Crippen LogP contribution in [0.5, 0.6) is 0 Å². The lowest BCUT2D eigenvalue weighted by molar-refractivity contribution is 0.313. The van der Waals surface area contributed by atoms with Crippen molar-refractivity contribution in [2.24, 2.45) is 11.7 Å². The minimum atomic E-state index is 0.720. The summed E-state index contributed by atoms with van der Waals surface area (Å²) < 4.78 is 0. The predicted molar refractivity (Wildman–Crippen MR) is 88.4 cm³/mol. The van der Waals surface area contributed by atoms with Crippen molar-refractivity contribution in [3.05, 3.63) is 29.3 Å². The van der Waals surface area contributed by atoms with Crippen molar-refractivity contribution in [1.29, 1.82) is 0 Å². The zero-order chi connectivity index (χ0) is 14.5. The molecule has 1 aliphatic rings. The third-order valence-corrected chi connectivity index (χ3v) is 5.09. The Morgan fingerprint density at radius 3 is 2.45 bits per heavy atom. The van der Waals surface area contributed by atoms with E-state index in [1.165, 1.54) is 48.9 Å². The van der Waals surface area contributed by atoms with Gasteiger partial charge in [0.05, 0.1) is 0 Å². The number of nitrogens with two attached hydrogens (primary N) is 1. The summed E-state index contributed by atoms with van der Waals surface area (Å²) in [6.45, 7) is 5.27. The maximum absolute atomic E-state index is 5.66. The summed E-state index contributed by atoms with van der Waals surface area (Å²) >= 11 is 0. The minimum absolute atomic E-state index is 0.720. The fourth-order valence-electron chi connectivity index (χ4n) is 3.49. The normalized spacial score (nSPS) is 22.8. The summed E-state index contributed by atoms with van der Waals surface area (Å²) in [5.41, 5.74) is 9.79. The number of hydrogen-bond acceptors (Lipinski definition) is 2. The second-order valence-corrected chi connectivity index (χ2v) is 6.34. The van der Waals surface area contributed by atoms with Crippen molar-refractivity contribution in [2.45, 2.75) is 58.4 Å². The zero-order valence-electron chi connectivity index (χ0n) is 13.4. The molecule has 2 rings (SSSR count). The SMILES string of the molecule is CCC1CCC(N(C)c2ccc(CCN)c(C)c2)CC1. The van der Waals surface area contributed by atoms with Gasteiger partial charge in [-0.05, 0) is 74.8 Å². The average molecular weight is 274 g/mol. The molecule has 20 heavy (non-hydrogen) atoms. The molecule has 0 heterocycles. The monoisotopic (exact) mass is 274 g/mol. The second-order valence-electron chi connectivity index (χ2n) is 6.34. The molecular weight excluding hydrogens is 244 g/mol. The highest BCUT2D eigenvalue weighted by Crippen LogP contribution is 2.31. The largest absolute Gasteiger partial charge is 0.372 e. The van der Waals surface area contributed by atoms with Gasteiger partial charge in [0.25, 0.3) is 0 Å². The molecule has 0 aliphatic heterocycles. The van der Waals surface area contributed by atoms with Crippen LogP contribution in [-0.2, 0) is 6.42 Å². The molecule has 2 heteroatoms. The number of nitrogens with zero attached hydrogens (tertiary/aromatic N) is 1. The van der Waals surface area contributed by atoms with Crippen LogP contribution in [-0.4, -0.2) is 19.6 Å². The first-order valence-corrected chi connectivity index (χ1v) is 8.18. The highest BCUT2D eigenvalue weighted by atomic mass is 15.1. The summed E-state index contributed by atoms with van der Waals surface area (Å²) in [5, 5.41) is 0. The Hall–Kier alpha value is -1.02. The number of benzene rings is 1. The molecule has 1 aliphatic carbocycles. The van der Waals surface area contributed by atoms with Crippen molar-refractivity contribution >= 4 is 5.69 Å². The molecule has 0 amide bonds. The lowest BCUT2D eigenvalue weighted by Crippen LogP contribution is -2.35. The Bertz CT molecular complexity index is 419. The molecule has 1 saturated carbocycles. The molecular formula is C18H30N2. The van der Waals surface area contributed by atoms with Crippen molar-refractivity contribution in [2.75, 3.05) is 18.5 Å². The Balaban J connectivity index is 2.02. The number of rotatable bonds is 5. The molecule has 0 unspecified atom stereocenters. The summed E-state index contributed by atoms with van der Waals surface area (Å²) in [7, 11) is 2.26. The van der Waals surface area contributed by atoms with Crippen LogP contribution < -0.4 is 10.6 Å². The van der Waals surface area contributed by atoms with Gasteiger partial charge >= 0.3 is 0 Å². The van der Waals surface area contributed by atoms with Gasteiger partial charge < -0.3 is 10.6 Å². The van der Waals surface area contributed by atoms with Gasteiger partial charge in [-0.1, -0.05) is 19.4 Å². The van der Waals surface area contributed by atoms with Crippen LogP contribution in [0, 0.1) is 12.8 Å². The number of hydrogen-bond donors (Lipinski definition) is 1. The van der Waals surface area contributed by atoms with Crippen molar-refractivity contribution < 1.29 is 0 Å². The molecule has 0 bridgehead atoms. The molecule has 1 aromatic carbocycles. The minimum Gasteiger partial charge on any atom is -0.372 e. The Kier molecular flexibility index (Phi) is 5.47. The summed E-state index contributed by atoms with van der Waals surface area (Å²) in [5.74, 6) is 0.966. The van der Waals surface area contributed by atoms with Gasteiger partial charge in [-0.15, -0.1) is 0 Å². The summed E-state index contributed by atoms with van der Waals surface area (Å²) in [4.78, 5) is 2.49. The lowest BCUT2D eigenvalue weighted by atomic mass is 9.84. The van der Waals surface area contributed by atoms with Crippen molar-refractivity contribution in [1.82, 2.24) is 0 Å². The zero-order valence-corrected chi connectivity index (χ0v) is 13.4. The van der Waals surface area contributed by atoms with Crippen LogP contribution in [0.3, 0.4) is 0 Å². The van der Waals surface area contributed by atoms with Gasteiger partial charge in [0.1, 0.15) is 0 Å². The molecule has 2 nitrogen and oxygen atoms in total. The highest BCUT2D eigenvalue weighted by molar-refractivity contribution is 5.51. The van der Waals surface area contributed by atoms with Crippen molar-refractivity contribution in [3.63, 3.8) is 0 Å². The smallest absolute Gasteiger partial charge is 0.0368 e. The molecule has 112 valence electrons. The fourth-order valence-corrected chi connectivity index (χ4v) is 3.49. The van der Waals surface area contributed by atoms with Gasteiger partial charge in [0.2, 0.25) is 0 Å². The Morgan fingerprint density at radius 1 is 1.20 bits per heavy atom. The Labute approximate surface area is 124 Å². The Morgan fingerprint density at radius 2 is 1.90 bits per heavy atom. The van der Waals surface area contributed by atoms with Crippen LogP contribution in [0.1, 0.15) is 50.2 Å². The molecule has 1 aromatic rings. The quantitative estimate of drug-likeness (QED) is 0.882. The molecule has 0 spiro atoms. The molecule has 0 saturated heterocycles. The second kappa shape index (κ2) is 7.12. The van der Waals surface area contributed by atoms with Crippen LogP contribution in [0.2, 0.25) is 0 Å². The van der Waals surface area contributed by atoms with Gasteiger partial charge in [-0.2, -0.15) is 0 Å². The van der Waals surface area contributed by atoms with Crippen LogP contribution in [0.25, 0.3) is 0 Å². The van der Waals surface area contributed by atoms with E-state index in [1.807, 2.05) is 0 Å². The van der Waals surface area contributed by atoms with Gasteiger partial charge in [0, 0.05) is 18.8 Å². The van der Waals surface area contributed by atoms with Gasteiger partial charge in [0.15, 0.2) is 0 Å². The molecule has 2 N–H and O–H groups in total. The maximum Gasteiger partial charge on any atom is 0.0368 e. The summed E-state index contributed by atoms with van der Waals surface area (Å²) in [6.07, 6.45) is 7.82. The highest BCUT2D eigenvalue weighted by Gasteiger charge is 2.23. The van der Waals surface area contributed by atoms with E-state index in [1.54, 1.807) is 0 Å². The van der Waals surface area contributed by atoms with Crippen LogP contribution in [0.15, 0.2) is 18.2 Å². The molecule has 0 radical (unpaired) electrons. The van der Waals surface area contributed by atoms with Crippen LogP contribution in [0.4, 0.5) is 5.69 Å². The van der Waals surface area contributed by atoms with Crippen LogP contribution >= 0.6 is 0 Å². The number of aryl methyl sites for hydroxylation is 1. The molecule has 0 aromatic heterocycles. The van der Waals surface area contributed by atoms with E-state index in [4.69, 9.17) is 5.73 Å². The summed E-state index contributed by atoms with van der Waals surface area (Å²) in [6, 6.07) is 7.57. The van der Waals surface area contributed by atoms with E-state index in [0.29, 0.717) is 0 Å². The number of anilines is 1. The van der Waals surface area contributed by atoms with Crippen molar-refractivity contribution in [3.8, 4) is 0 Å². The third-order valence-electron chi connectivity index (χ3n) is 5.09. The predicted octanol–water partition coefficient (Wildman–Crippen LogP) is 3.90.